The van der Waals surface area contributed by atoms with Crippen molar-refractivity contribution in [1.29, 1.82) is 0 Å². The molecule has 0 aliphatic carbocycles. The summed E-state index contributed by atoms with van der Waals surface area (Å²) in [6.45, 7) is 1.36. The van der Waals surface area contributed by atoms with Gasteiger partial charge in [0.1, 0.15) is 6.04 Å². The van der Waals surface area contributed by atoms with Crippen molar-refractivity contribution in [3.05, 3.63) is 47.5 Å². The van der Waals surface area contributed by atoms with Gasteiger partial charge in [-0.3, -0.25) is 9.10 Å². The van der Waals surface area contributed by atoms with E-state index >= 15 is 0 Å². The van der Waals surface area contributed by atoms with Crippen LogP contribution in [0, 0.1) is 11.6 Å². The Labute approximate surface area is 179 Å². The van der Waals surface area contributed by atoms with E-state index in [4.69, 9.17) is 14.2 Å². The summed E-state index contributed by atoms with van der Waals surface area (Å²) >= 11 is 0. The summed E-state index contributed by atoms with van der Waals surface area (Å²) in [5, 5.41) is 2.62. The largest absolute Gasteiger partial charge is 0.493 e. The number of hydrogen-bond donors (Lipinski definition) is 1. The lowest BCUT2D eigenvalue weighted by atomic mass is 10.1. The number of ether oxygens (including phenoxy) is 3. The van der Waals surface area contributed by atoms with E-state index in [0.717, 1.165) is 28.8 Å². The summed E-state index contributed by atoms with van der Waals surface area (Å²) in [7, 11) is 0.385. The fourth-order valence-electron chi connectivity index (χ4n) is 3.01. The minimum Gasteiger partial charge on any atom is -0.493 e. The third kappa shape index (κ3) is 5.54. The molecule has 31 heavy (non-hydrogen) atoms. The van der Waals surface area contributed by atoms with E-state index in [0.29, 0.717) is 22.8 Å². The monoisotopic (exact) mass is 458 g/mol. The second-order valence-corrected chi connectivity index (χ2v) is 8.44. The van der Waals surface area contributed by atoms with E-state index < -0.39 is 33.6 Å². The first-order chi connectivity index (χ1) is 14.5. The highest BCUT2D eigenvalue weighted by molar-refractivity contribution is 7.92. The molecule has 2 aromatic rings. The number of sulfonamides is 1. The van der Waals surface area contributed by atoms with Crippen LogP contribution in [0.15, 0.2) is 30.3 Å². The molecule has 0 aromatic heterocycles. The predicted octanol–water partition coefficient (Wildman–Crippen LogP) is 2.46. The van der Waals surface area contributed by atoms with Crippen LogP contribution < -0.4 is 23.8 Å². The molecule has 0 spiro atoms. The van der Waals surface area contributed by atoms with Crippen LogP contribution in [0.25, 0.3) is 0 Å². The highest BCUT2D eigenvalue weighted by atomic mass is 32.2. The Morgan fingerprint density at radius 3 is 2.06 bits per heavy atom. The average molecular weight is 458 g/mol. The predicted molar refractivity (Wildman–Crippen MR) is 111 cm³/mol. The van der Waals surface area contributed by atoms with Gasteiger partial charge in [0.25, 0.3) is 0 Å². The summed E-state index contributed by atoms with van der Waals surface area (Å²) in [4.78, 5) is 12.7. The van der Waals surface area contributed by atoms with Gasteiger partial charge < -0.3 is 19.5 Å². The Kier molecular flexibility index (Phi) is 7.66. The van der Waals surface area contributed by atoms with Crippen LogP contribution >= 0.6 is 0 Å². The lowest BCUT2D eigenvalue weighted by Crippen LogP contribution is -2.47. The molecule has 0 radical (unpaired) electrons. The van der Waals surface area contributed by atoms with Crippen molar-refractivity contribution in [3.63, 3.8) is 0 Å². The standard InChI is InChI=1S/C20H24F2N2O6S/c1-12(24(31(5,26)27)14-6-7-15(21)16(22)10-14)20(25)23-11-13-8-17(28-2)19(30-4)18(9-13)29-3/h6-10,12H,11H2,1-5H3,(H,23,25). The first-order valence-electron chi connectivity index (χ1n) is 9.04. The quantitative estimate of drug-likeness (QED) is 0.621. The Morgan fingerprint density at radius 1 is 1.03 bits per heavy atom. The van der Waals surface area contributed by atoms with E-state index in [2.05, 4.69) is 5.32 Å². The van der Waals surface area contributed by atoms with Gasteiger partial charge in [-0.1, -0.05) is 0 Å². The number of benzene rings is 2. The van der Waals surface area contributed by atoms with Crippen molar-refractivity contribution < 1.29 is 36.2 Å². The minimum absolute atomic E-state index is 0.0231. The number of anilines is 1. The maximum Gasteiger partial charge on any atom is 0.243 e. The fourth-order valence-corrected chi connectivity index (χ4v) is 4.17. The maximum atomic E-state index is 13.6. The number of nitrogens with zero attached hydrogens (tertiary/aromatic N) is 1. The normalized spacial score (nSPS) is 12.1. The molecule has 0 aliphatic heterocycles. The topological polar surface area (TPSA) is 94.2 Å². The van der Waals surface area contributed by atoms with Crippen LogP contribution in [0.4, 0.5) is 14.5 Å². The molecule has 2 rings (SSSR count). The van der Waals surface area contributed by atoms with Gasteiger partial charge >= 0.3 is 0 Å². The molecule has 1 amide bonds. The zero-order valence-electron chi connectivity index (χ0n) is 17.7. The molecular formula is C20H24F2N2O6S. The molecule has 0 saturated carbocycles. The van der Waals surface area contributed by atoms with Crippen molar-refractivity contribution in [2.45, 2.75) is 19.5 Å². The minimum atomic E-state index is -3.98. The van der Waals surface area contributed by atoms with Gasteiger partial charge in [-0.2, -0.15) is 0 Å². The molecule has 1 atom stereocenters. The molecule has 0 saturated heterocycles. The van der Waals surface area contributed by atoms with E-state index in [1.807, 2.05) is 0 Å². The number of carbonyl (C=O) groups is 1. The lowest BCUT2D eigenvalue weighted by Gasteiger charge is -2.28. The fraction of sp³-hybridized carbons (Fsp3) is 0.350. The average Bonchev–Trinajstić information content (AvgIpc) is 2.72. The van der Waals surface area contributed by atoms with Crippen molar-refractivity contribution in [2.75, 3.05) is 31.9 Å². The number of carbonyl (C=O) groups excluding carboxylic acids is 1. The highest BCUT2D eigenvalue weighted by Crippen LogP contribution is 2.38. The van der Waals surface area contributed by atoms with Crippen LogP contribution in [0.3, 0.4) is 0 Å². The molecule has 2 aromatic carbocycles. The smallest absolute Gasteiger partial charge is 0.243 e. The molecule has 0 aliphatic rings. The summed E-state index contributed by atoms with van der Waals surface area (Å²) in [5.74, 6) is -1.84. The Bertz CT molecular complexity index is 1040. The molecule has 0 bridgehead atoms. The van der Waals surface area contributed by atoms with E-state index in [-0.39, 0.29) is 12.2 Å². The summed E-state index contributed by atoms with van der Waals surface area (Å²) < 4.78 is 67.9. The number of methoxy groups -OCH3 is 3. The third-order valence-electron chi connectivity index (χ3n) is 4.44. The maximum absolute atomic E-state index is 13.6. The second kappa shape index (κ2) is 9.82. The van der Waals surface area contributed by atoms with E-state index in [1.54, 1.807) is 12.1 Å². The number of nitrogens with one attached hydrogen (secondary N) is 1. The van der Waals surface area contributed by atoms with Crippen molar-refractivity contribution in [1.82, 2.24) is 5.32 Å². The van der Waals surface area contributed by atoms with Crippen LogP contribution in [-0.4, -0.2) is 48.0 Å². The zero-order chi connectivity index (χ0) is 23.3. The van der Waals surface area contributed by atoms with E-state index in [9.17, 15) is 22.0 Å². The van der Waals surface area contributed by atoms with Gasteiger partial charge in [-0.05, 0) is 36.8 Å². The van der Waals surface area contributed by atoms with Gasteiger partial charge in [0.15, 0.2) is 23.1 Å². The Hall–Kier alpha value is -3.08. The van der Waals surface area contributed by atoms with Gasteiger partial charge in [-0.25, -0.2) is 17.2 Å². The zero-order valence-corrected chi connectivity index (χ0v) is 18.5. The molecule has 0 heterocycles. The summed E-state index contributed by atoms with van der Waals surface area (Å²) in [6, 6.07) is 4.64. The molecule has 11 heteroatoms. The number of rotatable bonds is 9. The van der Waals surface area contributed by atoms with Crippen LogP contribution in [0.2, 0.25) is 0 Å². The van der Waals surface area contributed by atoms with Gasteiger partial charge in [-0.15, -0.1) is 0 Å². The molecule has 170 valence electrons. The summed E-state index contributed by atoms with van der Waals surface area (Å²) in [5.41, 5.74) is 0.436. The molecule has 0 fully saturated rings. The Morgan fingerprint density at radius 2 is 1.61 bits per heavy atom. The molecule has 1 N–H and O–H groups in total. The third-order valence-corrected chi connectivity index (χ3v) is 5.68. The van der Waals surface area contributed by atoms with Crippen molar-refractivity contribution in [3.8, 4) is 17.2 Å². The van der Waals surface area contributed by atoms with Crippen molar-refractivity contribution in [2.24, 2.45) is 0 Å². The highest BCUT2D eigenvalue weighted by Gasteiger charge is 2.29. The van der Waals surface area contributed by atoms with E-state index in [1.165, 1.54) is 28.3 Å². The number of halogens is 2. The number of amides is 1. The lowest BCUT2D eigenvalue weighted by molar-refractivity contribution is -0.122. The molecule has 1 unspecified atom stereocenters. The summed E-state index contributed by atoms with van der Waals surface area (Å²) in [6.07, 6.45) is 0.872. The van der Waals surface area contributed by atoms with Crippen LogP contribution in [-0.2, 0) is 21.4 Å². The Balaban J connectivity index is 2.26. The molecular weight excluding hydrogens is 434 g/mol. The number of hydrogen-bond acceptors (Lipinski definition) is 6. The van der Waals surface area contributed by atoms with Crippen LogP contribution in [0.1, 0.15) is 12.5 Å². The second-order valence-electron chi connectivity index (χ2n) is 6.58. The first kappa shape index (κ1) is 24.2. The van der Waals surface area contributed by atoms with Gasteiger partial charge in [0.05, 0.1) is 33.3 Å². The van der Waals surface area contributed by atoms with Gasteiger partial charge in [0.2, 0.25) is 21.7 Å². The van der Waals surface area contributed by atoms with Gasteiger partial charge in [0, 0.05) is 12.6 Å². The van der Waals surface area contributed by atoms with Crippen LogP contribution in [0.5, 0.6) is 17.2 Å². The van der Waals surface area contributed by atoms with Crippen molar-refractivity contribution >= 4 is 21.6 Å². The molecule has 8 nitrogen and oxygen atoms in total. The first-order valence-corrected chi connectivity index (χ1v) is 10.9. The SMILES string of the molecule is COc1cc(CNC(=O)C(C)N(c2ccc(F)c(F)c2)S(C)(=O)=O)cc(OC)c1OC.